The maximum absolute atomic E-state index is 5.72. The minimum absolute atomic E-state index is 0.0332. The molecule has 0 aromatic rings. The molecule has 4 heteroatoms. The first kappa shape index (κ1) is 13.5. The molecule has 92 valence electrons. The number of ether oxygens (including phenoxy) is 4. The third-order valence-electron chi connectivity index (χ3n) is 2.91. The van der Waals surface area contributed by atoms with Gasteiger partial charge in [0.1, 0.15) is 24.9 Å². The van der Waals surface area contributed by atoms with Crippen LogP contribution in [0.4, 0.5) is 0 Å². The second kappa shape index (κ2) is 6.21. The topological polar surface area (TPSA) is 36.9 Å². The van der Waals surface area contributed by atoms with Gasteiger partial charge in [-0.25, -0.2) is 0 Å². The monoisotopic (exact) mass is 228 g/mol. The fraction of sp³-hybridized carbons (Fsp3) is 0.833. The largest absolute Gasteiger partial charge is 0.376 e. The van der Waals surface area contributed by atoms with Crippen LogP contribution in [-0.2, 0) is 18.9 Å². The van der Waals surface area contributed by atoms with Crippen molar-refractivity contribution >= 4 is 0 Å². The molecule has 0 aromatic carbocycles. The van der Waals surface area contributed by atoms with Crippen LogP contribution >= 0.6 is 0 Å². The summed E-state index contributed by atoms with van der Waals surface area (Å²) < 4.78 is 22.1. The van der Waals surface area contributed by atoms with Gasteiger partial charge in [-0.1, -0.05) is 5.92 Å². The number of hydrogen-bond donors (Lipinski definition) is 0. The van der Waals surface area contributed by atoms with Crippen molar-refractivity contribution in [1.29, 1.82) is 0 Å². The summed E-state index contributed by atoms with van der Waals surface area (Å²) in [6, 6.07) is 0. The van der Waals surface area contributed by atoms with Crippen molar-refractivity contribution in [3.63, 3.8) is 0 Å². The van der Waals surface area contributed by atoms with E-state index in [0.29, 0.717) is 0 Å². The van der Waals surface area contributed by atoms with Crippen molar-refractivity contribution in [3.8, 4) is 12.3 Å². The Morgan fingerprint density at radius 3 is 1.94 bits per heavy atom. The van der Waals surface area contributed by atoms with E-state index in [1.807, 2.05) is 13.8 Å². The predicted molar refractivity (Wildman–Crippen MR) is 60.2 cm³/mol. The second-order valence-corrected chi connectivity index (χ2v) is 3.93. The van der Waals surface area contributed by atoms with Gasteiger partial charge in [-0.2, -0.15) is 0 Å². The van der Waals surface area contributed by atoms with E-state index in [2.05, 4.69) is 5.92 Å². The van der Waals surface area contributed by atoms with E-state index in [0.717, 1.165) is 0 Å². The minimum atomic E-state index is -0.190. The molecule has 16 heavy (non-hydrogen) atoms. The number of terminal acetylenes is 1. The highest BCUT2D eigenvalue weighted by molar-refractivity contribution is 4.94. The third kappa shape index (κ3) is 2.74. The van der Waals surface area contributed by atoms with Crippen LogP contribution in [0.1, 0.15) is 13.8 Å². The number of hydrogen-bond acceptors (Lipinski definition) is 4. The molecular formula is C12H20O4. The van der Waals surface area contributed by atoms with Gasteiger partial charge in [0.2, 0.25) is 0 Å². The third-order valence-corrected chi connectivity index (χ3v) is 2.91. The van der Waals surface area contributed by atoms with Gasteiger partial charge in [0.05, 0.1) is 12.2 Å². The van der Waals surface area contributed by atoms with Crippen LogP contribution in [0.5, 0.6) is 0 Å². The molecule has 0 amide bonds. The Bertz CT molecular complexity index is 232. The summed E-state index contributed by atoms with van der Waals surface area (Å²) in [5, 5.41) is 0. The Morgan fingerprint density at radius 2 is 1.56 bits per heavy atom. The van der Waals surface area contributed by atoms with Gasteiger partial charge in [0, 0.05) is 14.2 Å². The molecule has 0 spiro atoms. The minimum Gasteiger partial charge on any atom is -0.376 e. The summed E-state index contributed by atoms with van der Waals surface area (Å²) in [5.41, 5.74) is 0. The van der Waals surface area contributed by atoms with Crippen LogP contribution in [0.15, 0.2) is 0 Å². The molecule has 1 saturated heterocycles. The first-order chi connectivity index (χ1) is 7.65. The standard InChI is InChI=1S/C12H20O4/c1-6-7-15-12-10(13-4)8(2)16-9(3)11(12)14-5/h1,8-12H,7H2,2-5H3/t8-,9?,10-,11-,12+/m0/s1. The maximum atomic E-state index is 5.72. The highest BCUT2D eigenvalue weighted by atomic mass is 16.6. The summed E-state index contributed by atoms with van der Waals surface area (Å²) >= 11 is 0. The van der Waals surface area contributed by atoms with Crippen LogP contribution in [0, 0.1) is 12.3 Å². The zero-order chi connectivity index (χ0) is 12.1. The predicted octanol–water partition coefficient (Wildman–Crippen LogP) is 0.842. The molecule has 0 aliphatic carbocycles. The van der Waals surface area contributed by atoms with Gasteiger partial charge in [0.25, 0.3) is 0 Å². The first-order valence-corrected chi connectivity index (χ1v) is 5.41. The van der Waals surface area contributed by atoms with E-state index in [4.69, 9.17) is 25.4 Å². The summed E-state index contributed by atoms with van der Waals surface area (Å²) in [7, 11) is 3.28. The van der Waals surface area contributed by atoms with Gasteiger partial charge in [-0.3, -0.25) is 0 Å². The van der Waals surface area contributed by atoms with Crippen LogP contribution in [0.3, 0.4) is 0 Å². The molecule has 1 fully saturated rings. The van der Waals surface area contributed by atoms with E-state index < -0.39 is 0 Å². The SMILES string of the molecule is C#CCO[C@@H]1[C@@H](OC)[C@H](C)OC(C)[C@@H]1OC. The Balaban J connectivity index is 2.77. The Morgan fingerprint density at radius 1 is 1.06 bits per heavy atom. The Labute approximate surface area is 97.2 Å². The van der Waals surface area contributed by atoms with Crippen molar-refractivity contribution in [3.05, 3.63) is 0 Å². The van der Waals surface area contributed by atoms with Crippen LogP contribution in [0.2, 0.25) is 0 Å². The molecule has 1 aliphatic heterocycles. The van der Waals surface area contributed by atoms with Gasteiger partial charge in [-0.15, -0.1) is 6.42 Å². The highest BCUT2D eigenvalue weighted by Crippen LogP contribution is 2.26. The second-order valence-electron chi connectivity index (χ2n) is 3.93. The summed E-state index contributed by atoms with van der Waals surface area (Å²) in [6.45, 7) is 4.18. The molecule has 1 unspecified atom stereocenters. The molecule has 0 aromatic heterocycles. The summed E-state index contributed by atoms with van der Waals surface area (Å²) in [6.07, 6.45) is 4.63. The van der Waals surface area contributed by atoms with Crippen LogP contribution in [-0.4, -0.2) is 51.3 Å². The lowest BCUT2D eigenvalue weighted by atomic mass is 9.96. The van der Waals surface area contributed by atoms with E-state index >= 15 is 0 Å². The smallest absolute Gasteiger partial charge is 0.116 e. The molecule has 5 atom stereocenters. The molecule has 1 aliphatic rings. The molecule has 0 N–H and O–H groups in total. The van der Waals surface area contributed by atoms with Gasteiger partial charge in [0.15, 0.2) is 0 Å². The van der Waals surface area contributed by atoms with Gasteiger partial charge < -0.3 is 18.9 Å². The summed E-state index contributed by atoms with van der Waals surface area (Å²) in [4.78, 5) is 0. The van der Waals surface area contributed by atoms with Crippen molar-refractivity contribution in [2.75, 3.05) is 20.8 Å². The zero-order valence-corrected chi connectivity index (χ0v) is 10.3. The first-order valence-electron chi connectivity index (χ1n) is 5.41. The highest BCUT2D eigenvalue weighted by Gasteiger charge is 2.43. The van der Waals surface area contributed by atoms with Crippen molar-refractivity contribution in [2.24, 2.45) is 0 Å². The molecule has 1 heterocycles. The molecule has 0 bridgehead atoms. The van der Waals surface area contributed by atoms with E-state index in [9.17, 15) is 0 Å². The van der Waals surface area contributed by atoms with Gasteiger partial charge in [-0.05, 0) is 13.8 Å². The number of rotatable bonds is 4. The van der Waals surface area contributed by atoms with Gasteiger partial charge >= 0.3 is 0 Å². The lowest BCUT2D eigenvalue weighted by molar-refractivity contribution is -0.236. The van der Waals surface area contributed by atoms with Crippen LogP contribution < -0.4 is 0 Å². The van der Waals surface area contributed by atoms with E-state index in [-0.39, 0.29) is 37.1 Å². The average Bonchev–Trinajstić information content (AvgIpc) is 2.26. The van der Waals surface area contributed by atoms with Crippen molar-refractivity contribution in [1.82, 2.24) is 0 Å². The molecule has 4 nitrogen and oxygen atoms in total. The average molecular weight is 228 g/mol. The molecule has 0 radical (unpaired) electrons. The Kier molecular flexibility index (Phi) is 5.23. The quantitative estimate of drug-likeness (QED) is 0.668. The maximum Gasteiger partial charge on any atom is 0.116 e. The molecule has 1 rings (SSSR count). The molecule has 0 saturated carbocycles. The lowest BCUT2D eigenvalue weighted by Crippen LogP contribution is -2.58. The van der Waals surface area contributed by atoms with Crippen molar-refractivity contribution in [2.45, 2.75) is 44.4 Å². The Hall–Kier alpha value is -0.600. The van der Waals surface area contributed by atoms with E-state index in [1.165, 1.54) is 0 Å². The van der Waals surface area contributed by atoms with Crippen LogP contribution in [0.25, 0.3) is 0 Å². The lowest BCUT2D eigenvalue weighted by Gasteiger charge is -2.43. The summed E-state index contributed by atoms with van der Waals surface area (Å²) in [5.74, 6) is 2.46. The van der Waals surface area contributed by atoms with Crippen molar-refractivity contribution < 1.29 is 18.9 Å². The normalized spacial score (nSPS) is 39.3. The molecular weight excluding hydrogens is 208 g/mol. The number of methoxy groups -OCH3 is 2. The fourth-order valence-corrected chi connectivity index (χ4v) is 2.20. The zero-order valence-electron chi connectivity index (χ0n) is 10.3. The van der Waals surface area contributed by atoms with E-state index in [1.54, 1.807) is 14.2 Å². The fourth-order valence-electron chi connectivity index (χ4n) is 2.20.